The molecule has 20 heavy (non-hydrogen) atoms. The molecule has 1 heterocycles. The Bertz CT molecular complexity index is 588. The maximum absolute atomic E-state index is 11.7. The summed E-state index contributed by atoms with van der Waals surface area (Å²) in [5.41, 5.74) is 1.60. The fourth-order valence-electron chi connectivity index (χ4n) is 1.65. The zero-order valence-corrected chi connectivity index (χ0v) is 11.9. The van der Waals surface area contributed by atoms with Gasteiger partial charge in [0, 0.05) is 12.4 Å². The minimum atomic E-state index is -0.169. The van der Waals surface area contributed by atoms with Crippen molar-refractivity contribution in [3.05, 3.63) is 58.9 Å². The fraction of sp³-hybridized carbons (Fsp3) is 0.200. The van der Waals surface area contributed by atoms with E-state index in [2.05, 4.69) is 10.3 Å². The molecule has 0 unspecified atom stereocenters. The van der Waals surface area contributed by atoms with Gasteiger partial charge in [0.25, 0.3) is 5.91 Å². The quantitative estimate of drug-likeness (QED) is 0.862. The van der Waals surface area contributed by atoms with Gasteiger partial charge < -0.3 is 10.1 Å². The number of rotatable bonds is 5. The number of hydrogen-bond acceptors (Lipinski definition) is 3. The van der Waals surface area contributed by atoms with Gasteiger partial charge in [0.1, 0.15) is 12.4 Å². The summed E-state index contributed by atoms with van der Waals surface area (Å²) < 4.78 is 5.54. The van der Waals surface area contributed by atoms with Gasteiger partial charge in [-0.1, -0.05) is 17.7 Å². The van der Waals surface area contributed by atoms with Crippen molar-refractivity contribution in [2.45, 2.75) is 6.92 Å². The predicted octanol–water partition coefficient (Wildman–Crippen LogP) is 2.85. The van der Waals surface area contributed by atoms with Gasteiger partial charge in [-0.15, -0.1) is 0 Å². The van der Waals surface area contributed by atoms with Gasteiger partial charge in [-0.25, -0.2) is 0 Å². The van der Waals surface area contributed by atoms with E-state index in [1.165, 1.54) is 6.20 Å². The molecular formula is C15H15ClN2O2. The number of carbonyl (C=O) groups is 1. The van der Waals surface area contributed by atoms with Crippen LogP contribution in [-0.2, 0) is 0 Å². The molecule has 0 aliphatic rings. The van der Waals surface area contributed by atoms with Crippen LogP contribution in [0.4, 0.5) is 0 Å². The monoisotopic (exact) mass is 290 g/mol. The van der Waals surface area contributed by atoms with E-state index in [0.717, 1.165) is 5.56 Å². The van der Waals surface area contributed by atoms with Crippen LogP contribution < -0.4 is 10.1 Å². The molecule has 1 amide bonds. The maximum atomic E-state index is 11.7. The second kappa shape index (κ2) is 6.91. The minimum absolute atomic E-state index is 0.169. The molecule has 0 saturated carbocycles. The predicted molar refractivity (Wildman–Crippen MR) is 78.3 cm³/mol. The molecule has 0 atom stereocenters. The van der Waals surface area contributed by atoms with Crippen LogP contribution in [0.2, 0.25) is 5.02 Å². The Labute approximate surface area is 122 Å². The Balaban J connectivity index is 1.79. The zero-order chi connectivity index (χ0) is 14.4. The Kier molecular flexibility index (Phi) is 4.96. The van der Waals surface area contributed by atoms with Crippen molar-refractivity contribution in [3.63, 3.8) is 0 Å². The number of hydrogen-bond donors (Lipinski definition) is 1. The molecule has 1 aromatic heterocycles. The largest absolute Gasteiger partial charge is 0.490 e. The summed E-state index contributed by atoms with van der Waals surface area (Å²) in [5.74, 6) is 0.458. The molecule has 0 aliphatic heterocycles. The number of aryl methyl sites for hydroxylation is 1. The van der Waals surface area contributed by atoms with Crippen LogP contribution in [0.15, 0.2) is 42.7 Å². The van der Waals surface area contributed by atoms with Gasteiger partial charge in [-0.3, -0.25) is 9.78 Å². The summed E-state index contributed by atoms with van der Waals surface area (Å²) in [6.45, 7) is 2.72. The van der Waals surface area contributed by atoms with Gasteiger partial charge in [0.2, 0.25) is 0 Å². The molecule has 0 saturated heterocycles. The molecule has 5 heteroatoms. The highest BCUT2D eigenvalue weighted by Gasteiger charge is 2.05. The third-order valence-electron chi connectivity index (χ3n) is 2.66. The first-order valence-electron chi connectivity index (χ1n) is 6.24. The van der Waals surface area contributed by atoms with Gasteiger partial charge in [-0.05, 0) is 36.8 Å². The molecule has 0 radical (unpaired) electrons. The number of nitrogens with one attached hydrogen (secondary N) is 1. The molecular weight excluding hydrogens is 276 g/mol. The lowest BCUT2D eigenvalue weighted by Gasteiger charge is -2.09. The third-order valence-corrected chi connectivity index (χ3v) is 2.97. The highest BCUT2D eigenvalue weighted by atomic mass is 35.5. The average Bonchev–Trinajstić information content (AvgIpc) is 2.47. The standard InChI is InChI=1S/C15H15ClN2O2/c1-11-4-5-13(16)14(9-11)20-8-7-18-15(19)12-3-2-6-17-10-12/h2-6,9-10H,7-8H2,1H3,(H,18,19). The average molecular weight is 291 g/mol. The van der Waals surface area contributed by atoms with Crippen molar-refractivity contribution in [2.75, 3.05) is 13.2 Å². The second-order valence-corrected chi connectivity index (χ2v) is 4.69. The van der Waals surface area contributed by atoms with Crippen LogP contribution in [0.1, 0.15) is 15.9 Å². The summed E-state index contributed by atoms with van der Waals surface area (Å²) in [4.78, 5) is 15.6. The number of amides is 1. The van der Waals surface area contributed by atoms with Crippen LogP contribution >= 0.6 is 11.6 Å². The number of pyridine rings is 1. The van der Waals surface area contributed by atoms with Crippen LogP contribution in [0.5, 0.6) is 5.75 Å². The van der Waals surface area contributed by atoms with Crippen molar-refractivity contribution in [2.24, 2.45) is 0 Å². The van der Waals surface area contributed by atoms with E-state index in [-0.39, 0.29) is 5.91 Å². The molecule has 0 bridgehead atoms. The van der Waals surface area contributed by atoms with E-state index in [1.54, 1.807) is 24.4 Å². The molecule has 0 spiro atoms. The topological polar surface area (TPSA) is 51.2 Å². The highest BCUT2D eigenvalue weighted by Crippen LogP contribution is 2.24. The molecule has 4 nitrogen and oxygen atoms in total. The van der Waals surface area contributed by atoms with Gasteiger partial charge in [0.05, 0.1) is 17.1 Å². The smallest absolute Gasteiger partial charge is 0.252 e. The lowest BCUT2D eigenvalue weighted by atomic mass is 10.2. The fourth-order valence-corrected chi connectivity index (χ4v) is 1.82. The number of benzene rings is 1. The van der Waals surface area contributed by atoms with E-state index in [4.69, 9.17) is 16.3 Å². The number of carbonyl (C=O) groups excluding carboxylic acids is 1. The summed E-state index contributed by atoms with van der Waals surface area (Å²) in [6.07, 6.45) is 3.15. The number of aromatic nitrogens is 1. The minimum Gasteiger partial charge on any atom is -0.490 e. The van der Waals surface area contributed by atoms with Crippen molar-refractivity contribution < 1.29 is 9.53 Å². The molecule has 2 rings (SSSR count). The number of nitrogens with zero attached hydrogens (tertiary/aromatic N) is 1. The number of halogens is 1. The SMILES string of the molecule is Cc1ccc(Cl)c(OCCNC(=O)c2cccnc2)c1. The lowest BCUT2D eigenvalue weighted by molar-refractivity contribution is 0.0946. The summed E-state index contributed by atoms with van der Waals surface area (Å²) in [5, 5.41) is 3.32. The van der Waals surface area contributed by atoms with E-state index >= 15 is 0 Å². The van der Waals surface area contributed by atoms with Gasteiger partial charge in [-0.2, -0.15) is 0 Å². The van der Waals surface area contributed by atoms with Crippen LogP contribution in [0.3, 0.4) is 0 Å². The first-order chi connectivity index (χ1) is 9.66. The van der Waals surface area contributed by atoms with E-state index in [0.29, 0.717) is 29.5 Å². The van der Waals surface area contributed by atoms with Crippen LogP contribution in [-0.4, -0.2) is 24.0 Å². The normalized spacial score (nSPS) is 10.1. The molecule has 1 aromatic carbocycles. The highest BCUT2D eigenvalue weighted by molar-refractivity contribution is 6.32. The van der Waals surface area contributed by atoms with E-state index in [9.17, 15) is 4.79 Å². The third kappa shape index (κ3) is 3.96. The molecule has 1 N–H and O–H groups in total. The van der Waals surface area contributed by atoms with E-state index in [1.807, 2.05) is 19.1 Å². The Morgan fingerprint density at radius 3 is 3.00 bits per heavy atom. The number of ether oxygens (including phenoxy) is 1. The Morgan fingerprint density at radius 1 is 1.40 bits per heavy atom. The molecule has 0 aliphatic carbocycles. The van der Waals surface area contributed by atoms with Gasteiger partial charge >= 0.3 is 0 Å². The Morgan fingerprint density at radius 2 is 2.25 bits per heavy atom. The second-order valence-electron chi connectivity index (χ2n) is 4.28. The summed E-state index contributed by atoms with van der Waals surface area (Å²) in [7, 11) is 0. The van der Waals surface area contributed by atoms with Crippen molar-refractivity contribution in [1.82, 2.24) is 10.3 Å². The van der Waals surface area contributed by atoms with Crippen molar-refractivity contribution >= 4 is 17.5 Å². The Hall–Kier alpha value is -2.07. The van der Waals surface area contributed by atoms with E-state index < -0.39 is 0 Å². The lowest BCUT2D eigenvalue weighted by Crippen LogP contribution is -2.28. The first kappa shape index (κ1) is 14.3. The van der Waals surface area contributed by atoms with Crippen LogP contribution in [0.25, 0.3) is 0 Å². The maximum Gasteiger partial charge on any atom is 0.252 e. The first-order valence-corrected chi connectivity index (χ1v) is 6.62. The van der Waals surface area contributed by atoms with Crippen molar-refractivity contribution in [1.29, 1.82) is 0 Å². The van der Waals surface area contributed by atoms with Gasteiger partial charge in [0.15, 0.2) is 0 Å². The molecule has 0 fully saturated rings. The summed E-state index contributed by atoms with van der Waals surface area (Å²) >= 11 is 6.01. The molecule has 2 aromatic rings. The molecule has 104 valence electrons. The van der Waals surface area contributed by atoms with Crippen LogP contribution in [0, 0.1) is 6.92 Å². The van der Waals surface area contributed by atoms with Crippen molar-refractivity contribution in [3.8, 4) is 5.75 Å². The zero-order valence-electron chi connectivity index (χ0n) is 11.1. The summed E-state index contributed by atoms with van der Waals surface area (Å²) in [6, 6.07) is 9.00.